The van der Waals surface area contributed by atoms with Crippen LogP contribution < -0.4 is 10.2 Å². The number of hydrazone groups is 1. The van der Waals surface area contributed by atoms with Gasteiger partial charge in [-0.25, -0.2) is 5.43 Å². The van der Waals surface area contributed by atoms with E-state index in [-0.39, 0.29) is 12.5 Å². The van der Waals surface area contributed by atoms with Gasteiger partial charge in [0.25, 0.3) is 5.91 Å². The molecule has 1 aromatic heterocycles. The molecule has 0 fully saturated rings. The number of amides is 1. The first kappa shape index (κ1) is 15.7. The van der Waals surface area contributed by atoms with Crippen LogP contribution in [-0.2, 0) is 4.79 Å². The lowest BCUT2D eigenvalue weighted by atomic mass is 10.1. The first-order valence-corrected chi connectivity index (χ1v) is 7.57. The number of benzene rings is 2. The van der Waals surface area contributed by atoms with E-state index < -0.39 is 0 Å². The van der Waals surface area contributed by atoms with E-state index in [4.69, 9.17) is 4.74 Å². The molecule has 5 nitrogen and oxygen atoms in total. The Balaban J connectivity index is 1.57. The number of nitrogens with zero attached hydrogens (tertiary/aromatic N) is 2. The minimum absolute atomic E-state index is 0.0951. The highest BCUT2D eigenvalue weighted by molar-refractivity contribution is 5.99. The average Bonchev–Trinajstić information content (AvgIpc) is 2.65. The standard InChI is InChI=1S/C19H17N3O2/c1-14(17-7-4-10-20-12-17)21-22-19(23)13-24-18-9-8-15-5-2-3-6-16(15)11-18/h2-12H,13H2,1H3,(H,22,23). The van der Waals surface area contributed by atoms with E-state index in [0.29, 0.717) is 11.5 Å². The Hall–Kier alpha value is -3.21. The molecule has 120 valence electrons. The van der Waals surface area contributed by atoms with Crippen LogP contribution in [0.3, 0.4) is 0 Å². The van der Waals surface area contributed by atoms with E-state index in [1.54, 1.807) is 12.4 Å². The third-order valence-electron chi connectivity index (χ3n) is 3.52. The minimum Gasteiger partial charge on any atom is -0.484 e. The number of carbonyl (C=O) groups is 1. The Labute approximate surface area is 140 Å². The topological polar surface area (TPSA) is 63.6 Å². The Morgan fingerprint density at radius 2 is 1.96 bits per heavy atom. The number of pyridine rings is 1. The van der Waals surface area contributed by atoms with Crippen molar-refractivity contribution in [2.75, 3.05) is 6.61 Å². The largest absolute Gasteiger partial charge is 0.484 e. The van der Waals surface area contributed by atoms with Crippen LogP contribution in [0.5, 0.6) is 5.75 Å². The molecule has 1 N–H and O–H groups in total. The monoisotopic (exact) mass is 319 g/mol. The van der Waals surface area contributed by atoms with Crippen molar-refractivity contribution in [1.29, 1.82) is 0 Å². The van der Waals surface area contributed by atoms with Crippen molar-refractivity contribution < 1.29 is 9.53 Å². The van der Waals surface area contributed by atoms with Crippen molar-refractivity contribution in [3.63, 3.8) is 0 Å². The van der Waals surface area contributed by atoms with Gasteiger partial charge < -0.3 is 4.74 Å². The molecule has 0 aliphatic rings. The number of rotatable bonds is 5. The lowest BCUT2D eigenvalue weighted by Gasteiger charge is -2.07. The molecule has 0 bridgehead atoms. The lowest BCUT2D eigenvalue weighted by molar-refractivity contribution is -0.123. The number of fused-ring (bicyclic) bond motifs is 1. The molecule has 2 aromatic carbocycles. The van der Waals surface area contributed by atoms with Crippen molar-refractivity contribution in [2.24, 2.45) is 5.10 Å². The average molecular weight is 319 g/mol. The summed E-state index contributed by atoms with van der Waals surface area (Å²) in [7, 11) is 0. The van der Waals surface area contributed by atoms with E-state index in [1.165, 1.54) is 0 Å². The second-order valence-electron chi connectivity index (χ2n) is 5.27. The number of aromatic nitrogens is 1. The molecule has 3 rings (SSSR count). The van der Waals surface area contributed by atoms with Crippen LogP contribution in [0.1, 0.15) is 12.5 Å². The molecule has 0 unspecified atom stereocenters. The van der Waals surface area contributed by atoms with Crippen LogP contribution in [0, 0.1) is 0 Å². The van der Waals surface area contributed by atoms with E-state index in [9.17, 15) is 4.79 Å². The molecule has 5 heteroatoms. The summed E-state index contributed by atoms with van der Waals surface area (Å²) in [5.41, 5.74) is 4.02. The second-order valence-corrected chi connectivity index (χ2v) is 5.27. The number of nitrogens with one attached hydrogen (secondary N) is 1. The lowest BCUT2D eigenvalue weighted by Crippen LogP contribution is -2.25. The van der Waals surface area contributed by atoms with Crippen LogP contribution in [0.2, 0.25) is 0 Å². The molecular formula is C19H17N3O2. The molecule has 1 amide bonds. The summed E-state index contributed by atoms with van der Waals surface area (Å²) in [6.07, 6.45) is 3.38. The summed E-state index contributed by atoms with van der Waals surface area (Å²) >= 11 is 0. The summed E-state index contributed by atoms with van der Waals surface area (Å²) in [6.45, 7) is 1.71. The summed E-state index contributed by atoms with van der Waals surface area (Å²) in [6, 6.07) is 17.4. The maximum atomic E-state index is 11.9. The molecule has 0 saturated heterocycles. The fourth-order valence-corrected chi connectivity index (χ4v) is 2.23. The van der Waals surface area contributed by atoms with Gasteiger partial charge >= 0.3 is 0 Å². The van der Waals surface area contributed by atoms with E-state index in [1.807, 2.05) is 61.5 Å². The molecule has 24 heavy (non-hydrogen) atoms. The summed E-state index contributed by atoms with van der Waals surface area (Å²) < 4.78 is 5.52. The van der Waals surface area contributed by atoms with Crippen LogP contribution in [0.25, 0.3) is 10.8 Å². The predicted molar refractivity (Wildman–Crippen MR) is 94.0 cm³/mol. The third kappa shape index (κ3) is 3.95. The molecule has 1 heterocycles. The maximum absolute atomic E-state index is 11.9. The zero-order chi connectivity index (χ0) is 16.8. The molecule has 0 saturated carbocycles. The van der Waals surface area contributed by atoms with E-state index in [2.05, 4.69) is 15.5 Å². The Kier molecular flexibility index (Phi) is 4.81. The summed E-state index contributed by atoms with van der Waals surface area (Å²) in [5.74, 6) is 0.336. The van der Waals surface area contributed by atoms with E-state index in [0.717, 1.165) is 16.3 Å². The van der Waals surface area contributed by atoms with Gasteiger partial charge in [0.05, 0.1) is 5.71 Å². The van der Waals surface area contributed by atoms with Crippen molar-refractivity contribution in [3.05, 3.63) is 72.6 Å². The number of ether oxygens (including phenoxy) is 1. The molecular weight excluding hydrogens is 302 g/mol. The van der Waals surface area contributed by atoms with Crippen LogP contribution in [0.15, 0.2) is 72.1 Å². The van der Waals surface area contributed by atoms with Crippen LogP contribution in [-0.4, -0.2) is 23.2 Å². The second kappa shape index (κ2) is 7.37. The molecule has 3 aromatic rings. The quantitative estimate of drug-likeness (QED) is 0.580. The fourth-order valence-electron chi connectivity index (χ4n) is 2.23. The van der Waals surface area contributed by atoms with Crippen LogP contribution in [0.4, 0.5) is 0 Å². The van der Waals surface area contributed by atoms with Crippen LogP contribution >= 0.6 is 0 Å². The van der Waals surface area contributed by atoms with Crippen molar-refractivity contribution in [3.8, 4) is 5.75 Å². The number of hydrogen-bond donors (Lipinski definition) is 1. The summed E-state index contributed by atoms with van der Waals surface area (Å²) in [4.78, 5) is 15.9. The molecule has 0 aliphatic carbocycles. The van der Waals surface area contributed by atoms with Gasteiger partial charge in [0.1, 0.15) is 5.75 Å². The van der Waals surface area contributed by atoms with Gasteiger partial charge in [-0.1, -0.05) is 36.4 Å². The van der Waals surface area contributed by atoms with Gasteiger partial charge in [-0.05, 0) is 35.9 Å². The highest BCUT2D eigenvalue weighted by Crippen LogP contribution is 2.20. The number of hydrogen-bond acceptors (Lipinski definition) is 4. The van der Waals surface area contributed by atoms with Gasteiger partial charge in [0, 0.05) is 18.0 Å². The molecule has 0 spiro atoms. The minimum atomic E-state index is -0.314. The van der Waals surface area contributed by atoms with Gasteiger partial charge in [0.2, 0.25) is 0 Å². The Morgan fingerprint density at radius 1 is 1.12 bits per heavy atom. The van der Waals surface area contributed by atoms with Crippen molar-refractivity contribution >= 4 is 22.4 Å². The highest BCUT2D eigenvalue weighted by Gasteiger charge is 2.04. The van der Waals surface area contributed by atoms with Crippen molar-refractivity contribution in [2.45, 2.75) is 6.92 Å². The maximum Gasteiger partial charge on any atom is 0.277 e. The first-order valence-electron chi connectivity index (χ1n) is 7.57. The smallest absolute Gasteiger partial charge is 0.277 e. The fraction of sp³-hybridized carbons (Fsp3) is 0.105. The first-order chi connectivity index (χ1) is 11.7. The zero-order valence-electron chi connectivity index (χ0n) is 13.3. The van der Waals surface area contributed by atoms with Gasteiger partial charge in [-0.3, -0.25) is 9.78 Å². The molecule has 0 atom stereocenters. The van der Waals surface area contributed by atoms with Gasteiger partial charge in [-0.15, -0.1) is 0 Å². The van der Waals surface area contributed by atoms with Gasteiger partial charge in [0.15, 0.2) is 6.61 Å². The third-order valence-corrected chi connectivity index (χ3v) is 3.52. The summed E-state index contributed by atoms with van der Waals surface area (Å²) in [5, 5.41) is 6.25. The Morgan fingerprint density at radius 3 is 2.75 bits per heavy atom. The molecule has 0 aliphatic heterocycles. The predicted octanol–water partition coefficient (Wildman–Crippen LogP) is 3.15. The normalized spacial score (nSPS) is 11.3. The van der Waals surface area contributed by atoms with E-state index >= 15 is 0 Å². The zero-order valence-corrected chi connectivity index (χ0v) is 13.3. The molecule has 0 radical (unpaired) electrons. The van der Waals surface area contributed by atoms with Crippen molar-refractivity contribution in [1.82, 2.24) is 10.4 Å². The highest BCUT2D eigenvalue weighted by atomic mass is 16.5. The Bertz CT molecular complexity index is 876. The SMILES string of the molecule is CC(=NNC(=O)COc1ccc2ccccc2c1)c1cccnc1. The number of carbonyl (C=O) groups excluding carboxylic acids is 1. The van der Waals surface area contributed by atoms with Gasteiger partial charge in [-0.2, -0.15) is 5.10 Å².